The van der Waals surface area contributed by atoms with Gasteiger partial charge in [0.25, 0.3) is 0 Å². The molecule has 2 atom stereocenters. The van der Waals surface area contributed by atoms with Crippen molar-refractivity contribution in [3.05, 3.63) is 18.1 Å². The molecule has 150 valence electrons. The van der Waals surface area contributed by atoms with Crippen LogP contribution in [0, 0.1) is 17.2 Å². The molecular weight excluding hydrogens is 356 g/mol. The Balaban J connectivity index is 1.29. The number of fused-ring (bicyclic) bond motifs is 2. The fraction of sp³-hybridized carbons (Fsp3) is 0.700. The smallest absolute Gasteiger partial charge is 0.410 e. The molecule has 0 N–H and O–H groups in total. The molecule has 8 heteroatoms. The third-order valence-corrected chi connectivity index (χ3v) is 6.28. The largest absolute Gasteiger partial charge is 0.450 e. The van der Waals surface area contributed by atoms with Gasteiger partial charge in [0, 0.05) is 57.2 Å². The minimum atomic E-state index is -0.126. The van der Waals surface area contributed by atoms with Crippen molar-refractivity contribution in [3.8, 4) is 6.07 Å². The van der Waals surface area contributed by atoms with E-state index in [0.717, 1.165) is 58.4 Å². The summed E-state index contributed by atoms with van der Waals surface area (Å²) in [5.74, 6) is 1.34. The van der Waals surface area contributed by atoms with Gasteiger partial charge in [-0.05, 0) is 38.5 Å². The van der Waals surface area contributed by atoms with Gasteiger partial charge in [-0.25, -0.2) is 14.8 Å². The molecule has 28 heavy (non-hydrogen) atoms. The van der Waals surface area contributed by atoms with Gasteiger partial charge in [-0.15, -0.1) is 0 Å². The van der Waals surface area contributed by atoms with Crippen molar-refractivity contribution >= 4 is 11.9 Å². The molecule has 0 spiro atoms. The summed E-state index contributed by atoms with van der Waals surface area (Å²) in [4.78, 5) is 27.4. The highest BCUT2D eigenvalue weighted by Crippen LogP contribution is 2.39. The lowest BCUT2D eigenvalue weighted by Crippen LogP contribution is -2.51. The van der Waals surface area contributed by atoms with Crippen molar-refractivity contribution in [3.63, 3.8) is 0 Å². The number of nitriles is 1. The second-order valence-electron chi connectivity index (χ2n) is 7.96. The van der Waals surface area contributed by atoms with Gasteiger partial charge in [0.05, 0.1) is 6.61 Å². The Labute approximate surface area is 166 Å². The van der Waals surface area contributed by atoms with Gasteiger partial charge in [-0.3, -0.25) is 4.90 Å². The molecule has 0 aliphatic carbocycles. The third kappa shape index (κ3) is 3.76. The normalized spacial score (nSPS) is 27.5. The van der Waals surface area contributed by atoms with Crippen molar-refractivity contribution in [2.75, 3.05) is 44.2 Å². The van der Waals surface area contributed by atoms with Crippen molar-refractivity contribution in [1.29, 1.82) is 5.26 Å². The van der Waals surface area contributed by atoms with E-state index in [2.05, 4.69) is 25.8 Å². The van der Waals surface area contributed by atoms with E-state index in [1.807, 2.05) is 11.8 Å². The van der Waals surface area contributed by atoms with Gasteiger partial charge in [-0.1, -0.05) is 0 Å². The molecule has 0 aromatic carbocycles. The van der Waals surface area contributed by atoms with E-state index >= 15 is 0 Å². The Morgan fingerprint density at radius 3 is 2.50 bits per heavy atom. The number of hydrogen-bond donors (Lipinski definition) is 0. The minimum Gasteiger partial charge on any atom is -0.450 e. The monoisotopic (exact) mass is 384 g/mol. The predicted molar refractivity (Wildman–Crippen MR) is 104 cm³/mol. The van der Waals surface area contributed by atoms with Crippen LogP contribution in [0.3, 0.4) is 0 Å². The lowest BCUT2D eigenvalue weighted by molar-refractivity contribution is 0.0526. The van der Waals surface area contributed by atoms with Crippen molar-refractivity contribution in [2.24, 2.45) is 5.92 Å². The van der Waals surface area contributed by atoms with Crippen molar-refractivity contribution in [2.45, 2.75) is 44.7 Å². The van der Waals surface area contributed by atoms with Crippen LogP contribution in [-0.4, -0.2) is 77.3 Å². The molecule has 2 bridgehead atoms. The number of carbonyl (C=O) groups is 1. The van der Waals surface area contributed by atoms with Crippen LogP contribution >= 0.6 is 0 Å². The number of piperidine rings is 1. The molecule has 2 unspecified atom stereocenters. The molecule has 3 aliphatic rings. The molecular formula is C20H28N6O2. The fourth-order valence-corrected chi connectivity index (χ4v) is 5.08. The van der Waals surface area contributed by atoms with Crippen molar-refractivity contribution in [1.82, 2.24) is 19.8 Å². The Morgan fingerprint density at radius 1 is 1.18 bits per heavy atom. The summed E-state index contributed by atoms with van der Waals surface area (Å²) in [7, 11) is 0. The van der Waals surface area contributed by atoms with Gasteiger partial charge in [0.2, 0.25) is 0 Å². The summed E-state index contributed by atoms with van der Waals surface area (Å²) in [5, 5.41) is 9.24. The molecule has 3 saturated heterocycles. The number of ether oxygens (including phenoxy) is 1. The van der Waals surface area contributed by atoms with Gasteiger partial charge in [0.15, 0.2) is 11.5 Å². The van der Waals surface area contributed by atoms with E-state index in [1.54, 1.807) is 12.4 Å². The second-order valence-corrected chi connectivity index (χ2v) is 7.96. The maximum Gasteiger partial charge on any atom is 0.410 e. The molecule has 1 aromatic rings. The van der Waals surface area contributed by atoms with Crippen LogP contribution in [0.25, 0.3) is 0 Å². The van der Waals surface area contributed by atoms with Crippen LogP contribution < -0.4 is 4.90 Å². The Hall–Kier alpha value is -2.40. The molecule has 1 aromatic heterocycles. The first-order valence-corrected chi connectivity index (χ1v) is 10.3. The number of amides is 1. The number of anilines is 1. The lowest BCUT2D eigenvalue weighted by atomic mass is 9.90. The van der Waals surface area contributed by atoms with E-state index in [1.165, 1.54) is 0 Å². The first-order valence-electron chi connectivity index (χ1n) is 10.3. The zero-order valence-electron chi connectivity index (χ0n) is 16.5. The number of rotatable bonds is 4. The van der Waals surface area contributed by atoms with E-state index < -0.39 is 0 Å². The molecule has 1 amide bonds. The average Bonchev–Trinajstić information content (AvgIpc) is 2.99. The lowest BCUT2D eigenvalue weighted by Gasteiger charge is -2.41. The van der Waals surface area contributed by atoms with Crippen LogP contribution in [0.15, 0.2) is 12.4 Å². The number of carbonyl (C=O) groups excluding carboxylic acids is 1. The number of hydrogen-bond acceptors (Lipinski definition) is 7. The van der Waals surface area contributed by atoms with Gasteiger partial charge < -0.3 is 14.5 Å². The first-order chi connectivity index (χ1) is 13.7. The highest BCUT2D eigenvalue weighted by molar-refractivity contribution is 5.69. The third-order valence-electron chi connectivity index (χ3n) is 6.28. The molecule has 0 radical (unpaired) electrons. The summed E-state index contributed by atoms with van der Waals surface area (Å²) in [6, 6.07) is 2.84. The number of piperazine rings is 1. The maximum atomic E-state index is 12.2. The highest BCUT2D eigenvalue weighted by Gasteiger charge is 2.44. The van der Waals surface area contributed by atoms with Crippen LogP contribution in [-0.2, 0) is 4.74 Å². The molecule has 3 fully saturated rings. The molecule has 0 saturated carbocycles. The average molecular weight is 384 g/mol. The molecule has 4 rings (SSSR count). The van der Waals surface area contributed by atoms with Crippen LogP contribution in [0.5, 0.6) is 0 Å². The van der Waals surface area contributed by atoms with Crippen LogP contribution in [0.1, 0.15) is 38.3 Å². The fourth-order valence-electron chi connectivity index (χ4n) is 5.08. The zero-order valence-corrected chi connectivity index (χ0v) is 16.5. The second kappa shape index (κ2) is 8.31. The summed E-state index contributed by atoms with van der Waals surface area (Å²) >= 11 is 0. The SMILES string of the molecule is CCOC(=O)N1C2CCC1CC(CN1CCN(c3nccnc3C#N)CC1)C2. The zero-order chi connectivity index (χ0) is 19.5. The van der Waals surface area contributed by atoms with E-state index in [9.17, 15) is 10.1 Å². The van der Waals surface area contributed by atoms with Crippen LogP contribution in [0.4, 0.5) is 10.6 Å². The van der Waals surface area contributed by atoms with E-state index in [-0.39, 0.29) is 6.09 Å². The summed E-state index contributed by atoms with van der Waals surface area (Å²) in [6.07, 6.45) is 7.47. The van der Waals surface area contributed by atoms with Gasteiger partial charge in [0.1, 0.15) is 6.07 Å². The summed E-state index contributed by atoms with van der Waals surface area (Å²) in [6.45, 7) is 7.06. The highest BCUT2D eigenvalue weighted by atomic mass is 16.6. The first kappa shape index (κ1) is 18.9. The molecule has 3 aliphatic heterocycles. The van der Waals surface area contributed by atoms with Crippen molar-refractivity contribution < 1.29 is 9.53 Å². The summed E-state index contributed by atoms with van der Waals surface area (Å²) < 4.78 is 5.26. The Kier molecular flexibility index (Phi) is 5.62. The van der Waals surface area contributed by atoms with Gasteiger partial charge in [-0.2, -0.15) is 5.26 Å². The quantitative estimate of drug-likeness (QED) is 0.783. The molecule has 4 heterocycles. The Morgan fingerprint density at radius 2 is 1.86 bits per heavy atom. The number of aromatic nitrogens is 2. The Bertz CT molecular complexity index is 728. The van der Waals surface area contributed by atoms with Gasteiger partial charge >= 0.3 is 6.09 Å². The summed E-state index contributed by atoms with van der Waals surface area (Å²) in [5.41, 5.74) is 0.402. The standard InChI is InChI=1S/C20H28N6O2/c1-2-28-20(27)26-16-3-4-17(26)12-15(11-16)14-24-7-9-25(10-8-24)19-18(13-21)22-5-6-23-19/h5-6,15-17H,2-4,7-12,14H2,1H3. The van der Waals surface area contributed by atoms with E-state index in [4.69, 9.17) is 4.74 Å². The topological polar surface area (TPSA) is 85.6 Å². The number of nitrogens with zero attached hydrogens (tertiary/aromatic N) is 6. The maximum absolute atomic E-state index is 12.2. The van der Waals surface area contributed by atoms with Crippen LogP contribution in [0.2, 0.25) is 0 Å². The van der Waals surface area contributed by atoms with E-state index in [0.29, 0.717) is 36.1 Å². The molecule has 8 nitrogen and oxygen atoms in total. The minimum absolute atomic E-state index is 0.126. The predicted octanol–water partition coefficient (Wildman–Crippen LogP) is 1.87.